The number of carbonyl (C=O) groups excluding carboxylic acids is 3. The molecule has 39 heavy (non-hydrogen) atoms. The van der Waals surface area contributed by atoms with Gasteiger partial charge in [0.25, 0.3) is 17.7 Å². The second kappa shape index (κ2) is 9.86. The number of carbonyl (C=O) groups is 3. The third-order valence-electron chi connectivity index (χ3n) is 6.27. The highest BCUT2D eigenvalue weighted by atomic mass is 19.3. The lowest BCUT2D eigenvalue weighted by molar-refractivity contribution is -0.114. The number of likely N-dealkylation sites (tertiary alicyclic amines) is 1. The van der Waals surface area contributed by atoms with Crippen molar-refractivity contribution in [3.8, 4) is 11.3 Å². The van der Waals surface area contributed by atoms with E-state index in [1.165, 1.54) is 23.6 Å². The van der Waals surface area contributed by atoms with Crippen LogP contribution in [0.1, 0.15) is 38.8 Å². The summed E-state index contributed by atoms with van der Waals surface area (Å²) in [6.07, 6.45) is 1.57. The van der Waals surface area contributed by atoms with Crippen molar-refractivity contribution in [1.82, 2.24) is 24.8 Å². The molecule has 5 rings (SSSR count). The number of nitrogens with one attached hydrogen (secondary N) is 2. The maximum absolute atomic E-state index is 14.4. The van der Waals surface area contributed by atoms with Crippen LogP contribution in [-0.4, -0.2) is 56.2 Å². The molecule has 1 fully saturated rings. The normalized spacial score (nSPS) is 14.1. The summed E-state index contributed by atoms with van der Waals surface area (Å²) in [6, 6.07) is 12.3. The molecule has 0 atom stereocenters. The van der Waals surface area contributed by atoms with Gasteiger partial charge in [0, 0.05) is 35.7 Å². The summed E-state index contributed by atoms with van der Waals surface area (Å²) in [5, 5.41) is 9.77. The van der Waals surface area contributed by atoms with Gasteiger partial charge in [-0.3, -0.25) is 14.4 Å². The van der Waals surface area contributed by atoms with Crippen molar-refractivity contribution >= 4 is 29.2 Å². The highest BCUT2D eigenvalue weighted by Crippen LogP contribution is 2.28. The number of halogens is 3. The fourth-order valence-corrected chi connectivity index (χ4v) is 4.25. The number of rotatable bonds is 6. The first-order valence-corrected chi connectivity index (χ1v) is 12.0. The molecule has 2 aromatic carbocycles. The summed E-state index contributed by atoms with van der Waals surface area (Å²) in [5.41, 5.74) is 2.86. The number of alkyl halides is 2. The Morgan fingerprint density at radius 2 is 1.82 bits per heavy atom. The lowest BCUT2D eigenvalue weighted by atomic mass is 10.0. The van der Waals surface area contributed by atoms with Gasteiger partial charge in [0.2, 0.25) is 5.91 Å². The first-order valence-electron chi connectivity index (χ1n) is 12.0. The largest absolute Gasteiger partial charge is 0.348 e. The number of amides is 3. The highest BCUT2D eigenvalue weighted by molar-refractivity contribution is 5.97. The quantitative estimate of drug-likeness (QED) is 0.390. The van der Waals surface area contributed by atoms with Gasteiger partial charge in [0.1, 0.15) is 5.82 Å². The van der Waals surface area contributed by atoms with Gasteiger partial charge in [-0.05, 0) is 48.9 Å². The molecule has 1 aliphatic rings. The van der Waals surface area contributed by atoms with Crippen LogP contribution in [0.5, 0.6) is 0 Å². The Morgan fingerprint density at radius 1 is 1.05 bits per heavy atom. The van der Waals surface area contributed by atoms with Crippen LogP contribution in [0.3, 0.4) is 0 Å². The van der Waals surface area contributed by atoms with Crippen molar-refractivity contribution in [2.45, 2.75) is 26.3 Å². The van der Waals surface area contributed by atoms with Crippen molar-refractivity contribution in [2.24, 2.45) is 0 Å². The summed E-state index contributed by atoms with van der Waals surface area (Å²) in [6.45, 7) is 1.57. The van der Waals surface area contributed by atoms with Gasteiger partial charge in [-0.25, -0.2) is 22.7 Å². The predicted molar refractivity (Wildman–Crippen MR) is 136 cm³/mol. The van der Waals surface area contributed by atoms with E-state index < -0.39 is 36.6 Å². The van der Waals surface area contributed by atoms with Crippen LogP contribution in [0.25, 0.3) is 16.9 Å². The Hall–Kier alpha value is -4.74. The topological polar surface area (TPSA) is 109 Å². The molecule has 0 radical (unpaired) electrons. The lowest BCUT2D eigenvalue weighted by Gasteiger charge is -2.38. The number of imidazole rings is 1. The van der Waals surface area contributed by atoms with E-state index in [9.17, 15) is 27.6 Å². The number of hydrogen-bond acceptors (Lipinski definition) is 5. The van der Waals surface area contributed by atoms with E-state index in [1.54, 1.807) is 43.5 Å². The molecule has 0 unspecified atom stereocenters. The summed E-state index contributed by atoms with van der Waals surface area (Å²) in [5.74, 6) is -4.53. The van der Waals surface area contributed by atoms with E-state index in [0.717, 1.165) is 11.0 Å². The first kappa shape index (κ1) is 25.9. The fourth-order valence-electron chi connectivity index (χ4n) is 4.25. The minimum atomic E-state index is -2.91. The Bertz CT molecular complexity index is 1630. The zero-order valence-electron chi connectivity index (χ0n) is 21.0. The summed E-state index contributed by atoms with van der Waals surface area (Å²) in [4.78, 5) is 42.0. The van der Waals surface area contributed by atoms with Crippen LogP contribution < -0.4 is 10.6 Å². The second-order valence-electron chi connectivity index (χ2n) is 9.36. The predicted octanol–water partition coefficient (Wildman–Crippen LogP) is 3.82. The van der Waals surface area contributed by atoms with Gasteiger partial charge in [-0.2, -0.15) is 5.10 Å². The molecule has 1 saturated heterocycles. The van der Waals surface area contributed by atoms with Crippen molar-refractivity contribution < 1.29 is 27.6 Å². The number of nitrogens with zero attached hydrogens (tertiary/aromatic N) is 4. The second-order valence-corrected chi connectivity index (χ2v) is 9.36. The summed E-state index contributed by atoms with van der Waals surface area (Å²) in [7, 11) is 0. The van der Waals surface area contributed by atoms with Crippen molar-refractivity contribution in [3.05, 3.63) is 82.8 Å². The zero-order valence-corrected chi connectivity index (χ0v) is 21.0. The van der Waals surface area contributed by atoms with Crippen LogP contribution >= 0.6 is 0 Å². The van der Waals surface area contributed by atoms with E-state index >= 15 is 0 Å². The van der Waals surface area contributed by atoms with Gasteiger partial charge in [0.15, 0.2) is 11.5 Å². The number of hydrogen-bond donors (Lipinski definition) is 2. The van der Waals surface area contributed by atoms with Crippen LogP contribution in [0.15, 0.2) is 54.7 Å². The number of fused-ring (bicyclic) bond motifs is 1. The van der Waals surface area contributed by atoms with Crippen LogP contribution in [0.4, 0.5) is 19.0 Å². The minimum Gasteiger partial charge on any atom is -0.348 e. The lowest BCUT2D eigenvalue weighted by Crippen LogP contribution is -2.58. The van der Waals surface area contributed by atoms with Crippen LogP contribution in [0, 0.1) is 12.7 Å². The molecule has 0 spiro atoms. The SMILES string of the molecule is CC(=O)Nc1cn2nc(-c3ccc(C)c(C(=O)NCc4cc(C(=O)N5CC(F)(F)C5)ccc4F)c3)ccc2n1. The minimum absolute atomic E-state index is 0.0532. The molecule has 200 valence electrons. The molecule has 1 aliphatic heterocycles. The molecule has 4 aromatic rings. The molecular formula is C27H23F3N6O3. The molecular weight excluding hydrogens is 513 g/mol. The summed E-state index contributed by atoms with van der Waals surface area (Å²) >= 11 is 0. The third kappa shape index (κ3) is 5.44. The Morgan fingerprint density at radius 3 is 2.54 bits per heavy atom. The molecule has 12 heteroatoms. The molecule has 3 amide bonds. The average molecular weight is 537 g/mol. The third-order valence-corrected chi connectivity index (χ3v) is 6.27. The van der Waals surface area contributed by atoms with Gasteiger partial charge >= 0.3 is 0 Å². The molecule has 0 bridgehead atoms. The van der Waals surface area contributed by atoms with E-state index in [1.807, 2.05) is 0 Å². The summed E-state index contributed by atoms with van der Waals surface area (Å²) < 4.78 is 42.2. The number of anilines is 1. The Balaban J connectivity index is 1.32. The van der Waals surface area contributed by atoms with Gasteiger partial charge in [-0.15, -0.1) is 0 Å². The molecule has 2 N–H and O–H groups in total. The maximum atomic E-state index is 14.4. The fraction of sp³-hybridized carbons (Fsp3) is 0.222. The smallest absolute Gasteiger partial charge is 0.282 e. The zero-order chi connectivity index (χ0) is 27.9. The van der Waals surface area contributed by atoms with Gasteiger partial charge in [-0.1, -0.05) is 12.1 Å². The highest BCUT2D eigenvalue weighted by Gasteiger charge is 2.46. The van der Waals surface area contributed by atoms with Crippen molar-refractivity contribution in [2.75, 3.05) is 18.4 Å². The van der Waals surface area contributed by atoms with E-state index in [-0.39, 0.29) is 23.6 Å². The van der Waals surface area contributed by atoms with Crippen LogP contribution in [-0.2, 0) is 11.3 Å². The Kier molecular flexibility index (Phi) is 6.54. The molecule has 3 heterocycles. The number of aryl methyl sites for hydroxylation is 1. The molecule has 2 aromatic heterocycles. The van der Waals surface area contributed by atoms with Crippen LogP contribution in [0.2, 0.25) is 0 Å². The number of benzene rings is 2. The van der Waals surface area contributed by atoms with Gasteiger partial charge < -0.3 is 15.5 Å². The van der Waals surface area contributed by atoms with E-state index in [2.05, 4.69) is 20.7 Å². The standard InChI is InChI=1S/C27H23F3N6O3/c1-15-3-4-17(22-7-8-24-33-23(32-16(2)37)12-36(24)34-22)10-20(15)25(38)31-11-19-9-18(5-6-21(19)28)26(39)35-13-27(29,30)14-35/h3-10,12H,11,13-14H2,1-2H3,(H,31,38)(H,32,37). The van der Waals surface area contributed by atoms with Crippen molar-refractivity contribution in [3.63, 3.8) is 0 Å². The number of aromatic nitrogens is 3. The average Bonchev–Trinajstić information content (AvgIpc) is 3.27. The maximum Gasteiger partial charge on any atom is 0.282 e. The molecule has 9 nitrogen and oxygen atoms in total. The van der Waals surface area contributed by atoms with Gasteiger partial charge in [0.05, 0.1) is 25.0 Å². The van der Waals surface area contributed by atoms with Crippen molar-refractivity contribution in [1.29, 1.82) is 0 Å². The monoisotopic (exact) mass is 536 g/mol. The van der Waals surface area contributed by atoms with E-state index in [4.69, 9.17) is 0 Å². The Labute approximate surface area is 220 Å². The molecule has 0 saturated carbocycles. The molecule has 0 aliphatic carbocycles. The van der Waals surface area contributed by atoms with E-state index in [0.29, 0.717) is 33.8 Å². The first-order chi connectivity index (χ1) is 18.5.